The highest BCUT2D eigenvalue weighted by Crippen LogP contribution is 2.27. The van der Waals surface area contributed by atoms with E-state index in [9.17, 15) is 0 Å². The van der Waals surface area contributed by atoms with Gasteiger partial charge in [0.05, 0.1) is 0 Å². The highest BCUT2D eigenvalue weighted by molar-refractivity contribution is 7.99. The van der Waals surface area contributed by atoms with Crippen LogP contribution in [0.15, 0.2) is 69.2 Å². The van der Waals surface area contributed by atoms with E-state index in [1.165, 1.54) is 0 Å². The fourth-order valence-corrected chi connectivity index (χ4v) is 3.44. The molecular weight excluding hydrogens is 300 g/mol. The summed E-state index contributed by atoms with van der Waals surface area (Å²) in [5.41, 5.74) is 1.80. The predicted octanol–water partition coefficient (Wildman–Crippen LogP) is 4.00. The Morgan fingerprint density at radius 1 is 0.952 bits per heavy atom. The quantitative estimate of drug-likeness (QED) is 0.573. The minimum absolute atomic E-state index is 0.758. The molecule has 0 amide bonds. The summed E-state index contributed by atoms with van der Waals surface area (Å²) in [7, 11) is 0. The van der Waals surface area contributed by atoms with Crippen LogP contribution in [0, 0.1) is 0 Å². The number of fused-ring (bicyclic) bond motifs is 1. The Hall–Kier alpha value is -2.18. The molecule has 0 saturated heterocycles. The molecule has 0 aliphatic heterocycles. The van der Waals surface area contributed by atoms with Crippen molar-refractivity contribution in [3.8, 4) is 11.4 Å². The molecule has 0 saturated carbocycles. The van der Waals surface area contributed by atoms with Crippen molar-refractivity contribution >= 4 is 28.7 Å². The number of rotatable bonds is 3. The van der Waals surface area contributed by atoms with Crippen LogP contribution in [0.2, 0.25) is 0 Å². The maximum absolute atomic E-state index is 4.65. The lowest BCUT2D eigenvalue weighted by Crippen LogP contribution is -1.95. The molecule has 4 aromatic rings. The first-order valence-corrected chi connectivity index (χ1v) is 8.14. The van der Waals surface area contributed by atoms with Gasteiger partial charge in [-0.3, -0.25) is 0 Å². The lowest BCUT2D eigenvalue weighted by atomic mass is 10.3. The van der Waals surface area contributed by atoms with Gasteiger partial charge in [-0.25, -0.2) is 0 Å². The summed E-state index contributed by atoms with van der Waals surface area (Å²) in [5.74, 6) is 0.779. The Balaban J connectivity index is 1.77. The van der Waals surface area contributed by atoms with Crippen molar-refractivity contribution in [1.82, 2.24) is 19.8 Å². The van der Waals surface area contributed by atoms with E-state index in [2.05, 4.69) is 32.8 Å². The van der Waals surface area contributed by atoms with Gasteiger partial charge < -0.3 is 0 Å². The largest absolute Gasteiger partial charge is 0.192 e. The molecule has 3 aromatic heterocycles. The first kappa shape index (κ1) is 12.6. The summed E-state index contributed by atoms with van der Waals surface area (Å²) in [6, 6.07) is 16.1. The van der Waals surface area contributed by atoms with Gasteiger partial charge in [0.1, 0.15) is 5.03 Å². The van der Waals surface area contributed by atoms with Crippen LogP contribution in [0.25, 0.3) is 17.0 Å². The summed E-state index contributed by atoms with van der Waals surface area (Å²) in [6.45, 7) is 0. The number of aromatic nitrogens is 4. The van der Waals surface area contributed by atoms with Gasteiger partial charge in [0.25, 0.3) is 0 Å². The lowest BCUT2D eigenvalue weighted by molar-refractivity contribution is 0.861. The van der Waals surface area contributed by atoms with Crippen LogP contribution < -0.4 is 0 Å². The van der Waals surface area contributed by atoms with Crippen LogP contribution in [-0.4, -0.2) is 19.8 Å². The molecule has 0 aliphatic rings. The van der Waals surface area contributed by atoms with Crippen LogP contribution in [0.5, 0.6) is 0 Å². The van der Waals surface area contributed by atoms with E-state index in [0.29, 0.717) is 0 Å². The fourth-order valence-electron chi connectivity index (χ4n) is 2.01. The summed E-state index contributed by atoms with van der Waals surface area (Å²) in [6.07, 6.45) is 0. The second kappa shape index (κ2) is 5.31. The monoisotopic (exact) mass is 310 g/mol. The van der Waals surface area contributed by atoms with Crippen LogP contribution >= 0.6 is 23.1 Å². The van der Waals surface area contributed by atoms with Crippen LogP contribution in [0.3, 0.4) is 0 Å². The molecule has 21 heavy (non-hydrogen) atoms. The Morgan fingerprint density at radius 2 is 1.86 bits per heavy atom. The molecule has 1 aromatic carbocycles. The van der Waals surface area contributed by atoms with Crippen LogP contribution in [-0.2, 0) is 0 Å². The van der Waals surface area contributed by atoms with Crippen molar-refractivity contribution < 1.29 is 0 Å². The molecule has 0 unspecified atom stereocenters. The average Bonchev–Trinajstić information content (AvgIpc) is 3.16. The van der Waals surface area contributed by atoms with Gasteiger partial charge in [0.15, 0.2) is 11.5 Å². The molecule has 4 nitrogen and oxygen atoms in total. The number of hydrogen-bond acceptors (Lipinski definition) is 5. The molecule has 3 heterocycles. The van der Waals surface area contributed by atoms with E-state index < -0.39 is 0 Å². The van der Waals surface area contributed by atoms with Gasteiger partial charge >= 0.3 is 0 Å². The Morgan fingerprint density at radius 3 is 2.67 bits per heavy atom. The van der Waals surface area contributed by atoms with Gasteiger partial charge in [-0.2, -0.15) is 21.0 Å². The molecule has 102 valence electrons. The molecule has 0 radical (unpaired) electrons. The number of thiophene rings is 1. The SMILES string of the molecule is c1ccc(Sc2ccc3nnc(-c4ccsc4)n3n2)cc1. The summed E-state index contributed by atoms with van der Waals surface area (Å²) in [4.78, 5) is 1.16. The van der Waals surface area contributed by atoms with Crippen molar-refractivity contribution in [1.29, 1.82) is 0 Å². The molecule has 4 rings (SSSR count). The minimum Gasteiger partial charge on any atom is -0.192 e. The molecule has 0 atom stereocenters. The first-order chi connectivity index (χ1) is 10.4. The van der Waals surface area contributed by atoms with E-state index >= 15 is 0 Å². The first-order valence-electron chi connectivity index (χ1n) is 6.38. The molecule has 0 fully saturated rings. The summed E-state index contributed by atoms with van der Waals surface area (Å²) in [5, 5.41) is 18.0. The smallest absolute Gasteiger partial charge is 0.186 e. The zero-order chi connectivity index (χ0) is 14.1. The number of nitrogens with zero attached hydrogens (tertiary/aromatic N) is 4. The van der Waals surface area contributed by atoms with Crippen LogP contribution in [0.1, 0.15) is 0 Å². The maximum atomic E-state index is 4.65. The van der Waals surface area contributed by atoms with E-state index in [1.54, 1.807) is 27.6 Å². The molecule has 0 aliphatic carbocycles. The summed E-state index contributed by atoms with van der Waals surface area (Å²) >= 11 is 3.27. The molecule has 6 heteroatoms. The Labute approximate surface area is 129 Å². The Kier molecular flexibility index (Phi) is 3.17. The van der Waals surface area contributed by atoms with Gasteiger partial charge in [0, 0.05) is 15.8 Å². The standard InChI is InChI=1S/C15H10N4S2/c1-2-4-12(5-3-1)21-14-7-6-13-16-17-15(19(13)18-14)11-8-9-20-10-11/h1-10H. The van der Waals surface area contributed by atoms with E-state index in [0.717, 1.165) is 27.0 Å². The van der Waals surface area contributed by atoms with E-state index in [-0.39, 0.29) is 0 Å². The van der Waals surface area contributed by atoms with Gasteiger partial charge in [0.2, 0.25) is 0 Å². The Bertz CT molecular complexity index is 869. The highest BCUT2D eigenvalue weighted by atomic mass is 32.2. The van der Waals surface area contributed by atoms with Crippen molar-refractivity contribution in [2.45, 2.75) is 9.92 Å². The number of hydrogen-bond donors (Lipinski definition) is 0. The van der Waals surface area contributed by atoms with Crippen molar-refractivity contribution in [2.24, 2.45) is 0 Å². The molecule has 0 spiro atoms. The fraction of sp³-hybridized carbons (Fsp3) is 0. The van der Waals surface area contributed by atoms with Crippen molar-refractivity contribution in [3.63, 3.8) is 0 Å². The predicted molar refractivity (Wildman–Crippen MR) is 84.7 cm³/mol. The second-order valence-electron chi connectivity index (χ2n) is 4.39. The third kappa shape index (κ3) is 2.43. The number of benzene rings is 1. The maximum Gasteiger partial charge on any atom is 0.186 e. The topological polar surface area (TPSA) is 43.1 Å². The van der Waals surface area contributed by atoms with Gasteiger partial charge in [-0.15, -0.1) is 10.2 Å². The van der Waals surface area contributed by atoms with Gasteiger partial charge in [-0.05, 0) is 35.7 Å². The van der Waals surface area contributed by atoms with Crippen molar-refractivity contribution in [3.05, 3.63) is 59.3 Å². The van der Waals surface area contributed by atoms with Crippen molar-refractivity contribution in [2.75, 3.05) is 0 Å². The third-order valence-electron chi connectivity index (χ3n) is 2.98. The zero-order valence-electron chi connectivity index (χ0n) is 10.9. The van der Waals surface area contributed by atoms with Gasteiger partial charge in [-0.1, -0.05) is 30.0 Å². The van der Waals surface area contributed by atoms with Crippen LogP contribution in [0.4, 0.5) is 0 Å². The molecular formula is C15H10N4S2. The minimum atomic E-state index is 0.758. The normalized spacial score (nSPS) is 11.0. The summed E-state index contributed by atoms with van der Waals surface area (Å²) < 4.78 is 1.80. The second-order valence-corrected chi connectivity index (χ2v) is 6.27. The van der Waals surface area contributed by atoms with E-state index in [1.807, 2.05) is 41.8 Å². The average molecular weight is 310 g/mol. The van der Waals surface area contributed by atoms with E-state index in [4.69, 9.17) is 0 Å². The molecule has 0 bridgehead atoms. The molecule has 0 N–H and O–H groups in total. The lowest BCUT2D eigenvalue weighted by Gasteiger charge is -2.02. The third-order valence-corrected chi connectivity index (χ3v) is 4.60. The zero-order valence-corrected chi connectivity index (χ0v) is 12.5. The highest BCUT2D eigenvalue weighted by Gasteiger charge is 2.10.